The lowest BCUT2D eigenvalue weighted by molar-refractivity contribution is 0.220. The molecule has 0 saturated carbocycles. The number of carbonyl (C=O) groups is 1. The molecule has 1 aromatic rings. The molecule has 3 N–H and O–H groups in total. The number of rotatable bonds is 5. The van der Waals surface area contributed by atoms with E-state index in [1.54, 1.807) is 24.3 Å². The van der Waals surface area contributed by atoms with Gasteiger partial charge in [-0.3, -0.25) is 4.72 Å². The number of hydrogen-bond donors (Lipinski definition) is 3. The number of urea groups is 1. The number of amides is 2. The zero-order valence-electron chi connectivity index (χ0n) is 14.6. The Bertz CT molecular complexity index is 644. The summed E-state index contributed by atoms with van der Waals surface area (Å²) in [7, 11) is -3.30. The van der Waals surface area contributed by atoms with Crippen molar-refractivity contribution in [2.75, 3.05) is 16.3 Å². The summed E-state index contributed by atoms with van der Waals surface area (Å²) in [4.78, 5) is 12.1. The normalized spacial score (nSPS) is 12.6. The van der Waals surface area contributed by atoms with Crippen molar-refractivity contribution in [2.45, 2.75) is 46.6 Å². The number of benzene rings is 1. The third kappa shape index (κ3) is 8.44. The number of hydrogen-bond acceptors (Lipinski definition) is 3. The first kappa shape index (κ1) is 19.3. The number of nitrogens with one attached hydrogen (secondary N) is 3. The van der Waals surface area contributed by atoms with Crippen LogP contribution in [0, 0.1) is 5.41 Å². The van der Waals surface area contributed by atoms with Gasteiger partial charge in [-0.05, 0) is 49.9 Å². The SMILES string of the molecule is CC(C)(C)CC(C)(C)NC(=O)Nc1ccc(NS(C)(=O)=O)cc1. The second-order valence-corrected chi connectivity index (χ2v) is 9.40. The highest BCUT2D eigenvalue weighted by Crippen LogP contribution is 2.26. The van der Waals surface area contributed by atoms with E-state index in [-0.39, 0.29) is 17.0 Å². The van der Waals surface area contributed by atoms with Crippen LogP contribution in [0.4, 0.5) is 16.2 Å². The molecule has 0 aliphatic heterocycles. The van der Waals surface area contributed by atoms with E-state index in [0.717, 1.165) is 12.7 Å². The molecule has 0 radical (unpaired) electrons. The molecule has 23 heavy (non-hydrogen) atoms. The molecule has 0 spiro atoms. The monoisotopic (exact) mass is 341 g/mol. The summed E-state index contributed by atoms with van der Waals surface area (Å²) in [5.74, 6) is 0. The lowest BCUT2D eigenvalue weighted by Crippen LogP contribution is -2.47. The van der Waals surface area contributed by atoms with Gasteiger partial charge in [-0.1, -0.05) is 20.8 Å². The predicted octanol–water partition coefficient (Wildman–Crippen LogP) is 3.39. The van der Waals surface area contributed by atoms with Crippen LogP contribution >= 0.6 is 0 Å². The molecule has 0 atom stereocenters. The molecular weight excluding hydrogens is 314 g/mol. The minimum atomic E-state index is -3.30. The van der Waals surface area contributed by atoms with E-state index >= 15 is 0 Å². The summed E-state index contributed by atoms with van der Waals surface area (Å²) in [6, 6.07) is 6.19. The van der Waals surface area contributed by atoms with Gasteiger partial charge < -0.3 is 10.6 Å². The van der Waals surface area contributed by atoms with Crippen LogP contribution in [0.3, 0.4) is 0 Å². The maximum absolute atomic E-state index is 12.1. The van der Waals surface area contributed by atoms with Crippen LogP contribution in [0.2, 0.25) is 0 Å². The zero-order valence-corrected chi connectivity index (χ0v) is 15.5. The van der Waals surface area contributed by atoms with Gasteiger partial charge in [0.25, 0.3) is 0 Å². The fraction of sp³-hybridized carbons (Fsp3) is 0.562. The van der Waals surface area contributed by atoms with Gasteiger partial charge in [0.05, 0.1) is 6.26 Å². The predicted molar refractivity (Wildman–Crippen MR) is 95.2 cm³/mol. The van der Waals surface area contributed by atoms with Gasteiger partial charge in [-0.2, -0.15) is 0 Å². The molecule has 0 aliphatic rings. The van der Waals surface area contributed by atoms with E-state index < -0.39 is 10.0 Å². The maximum atomic E-state index is 12.1. The Labute approximate surface area is 139 Å². The summed E-state index contributed by atoms with van der Waals surface area (Å²) in [5.41, 5.74) is 0.815. The van der Waals surface area contributed by atoms with Gasteiger partial charge >= 0.3 is 6.03 Å². The van der Waals surface area contributed by atoms with Crippen molar-refractivity contribution < 1.29 is 13.2 Å². The molecular formula is C16H27N3O3S. The highest BCUT2D eigenvalue weighted by atomic mass is 32.2. The second-order valence-electron chi connectivity index (χ2n) is 7.65. The Kier molecular flexibility index (Phi) is 5.69. The standard InChI is InChI=1S/C16H27N3O3S/c1-15(2,3)11-16(4,5)18-14(20)17-12-7-9-13(10-8-12)19-23(6,21)22/h7-10,19H,11H2,1-6H3,(H2,17,18,20). The van der Waals surface area contributed by atoms with Gasteiger partial charge in [0.15, 0.2) is 0 Å². The highest BCUT2D eigenvalue weighted by molar-refractivity contribution is 7.92. The summed E-state index contributed by atoms with van der Waals surface area (Å²) >= 11 is 0. The van der Waals surface area contributed by atoms with Gasteiger partial charge in [0.2, 0.25) is 10.0 Å². The van der Waals surface area contributed by atoms with Gasteiger partial charge in [0, 0.05) is 16.9 Å². The van der Waals surface area contributed by atoms with Crippen LogP contribution in [0.25, 0.3) is 0 Å². The van der Waals surface area contributed by atoms with Crippen LogP contribution in [0.1, 0.15) is 41.0 Å². The third-order valence-electron chi connectivity index (χ3n) is 2.87. The van der Waals surface area contributed by atoms with Crippen molar-refractivity contribution in [2.24, 2.45) is 5.41 Å². The van der Waals surface area contributed by atoms with Crippen molar-refractivity contribution in [1.29, 1.82) is 0 Å². The first-order valence-corrected chi connectivity index (χ1v) is 9.32. The van der Waals surface area contributed by atoms with E-state index in [0.29, 0.717) is 11.4 Å². The molecule has 0 aliphatic carbocycles. The molecule has 2 amide bonds. The number of sulfonamides is 1. The van der Waals surface area contributed by atoms with E-state index in [2.05, 4.69) is 36.1 Å². The smallest absolute Gasteiger partial charge is 0.319 e. The molecule has 0 unspecified atom stereocenters. The topological polar surface area (TPSA) is 87.3 Å². The quantitative estimate of drug-likeness (QED) is 0.767. The van der Waals surface area contributed by atoms with Gasteiger partial charge in [-0.25, -0.2) is 13.2 Å². The Balaban J connectivity index is 2.64. The van der Waals surface area contributed by atoms with E-state index in [9.17, 15) is 13.2 Å². The van der Waals surface area contributed by atoms with E-state index in [1.165, 1.54) is 0 Å². The van der Waals surface area contributed by atoms with E-state index in [1.807, 2.05) is 13.8 Å². The summed E-state index contributed by atoms with van der Waals surface area (Å²) < 4.78 is 24.7. The first-order valence-electron chi connectivity index (χ1n) is 7.43. The molecule has 1 aromatic carbocycles. The molecule has 0 saturated heterocycles. The molecule has 130 valence electrons. The summed E-state index contributed by atoms with van der Waals surface area (Å²) in [5, 5.41) is 5.70. The maximum Gasteiger partial charge on any atom is 0.319 e. The van der Waals surface area contributed by atoms with Gasteiger partial charge in [-0.15, -0.1) is 0 Å². The average molecular weight is 341 g/mol. The minimum absolute atomic E-state index is 0.107. The van der Waals surface area contributed by atoms with Crippen LogP contribution < -0.4 is 15.4 Å². The molecule has 0 bridgehead atoms. The van der Waals surface area contributed by atoms with E-state index in [4.69, 9.17) is 0 Å². The molecule has 0 aromatic heterocycles. The third-order valence-corrected chi connectivity index (χ3v) is 3.48. The lowest BCUT2D eigenvalue weighted by Gasteiger charge is -2.33. The summed E-state index contributed by atoms with van der Waals surface area (Å²) in [6.45, 7) is 10.3. The number of anilines is 2. The minimum Gasteiger partial charge on any atom is -0.333 e. The fourth-order valence-electron chi connectivity index (χ4n) is 2.68. The second kappa shape index (κ2) is 6.78. The van der Waals surface area contributed by atoms with Crippen LogP contribution in [-0.2, 0) is 10.0 Å². The Morgan fingerprint density at radius 1 is 1.00 bits per heavy atom. The van der Waals surface area contributed by atoms with Crippen molar-refractivity contribution in [1.82, 2.24) is 5.32 Å². The van der Waals surface area contributed by atoms with Crippen molar-refractivity contribution >= 4 is 27.4 Å². The lowest BCUT2D eigenvalue weighted by atomic mass is 9.82. The molecule has 0 fully saturated rings. The van der Waals surface area contributed by atoms with Crippen LogP contribution in [0.5, 0.6) is 0 Å². The molecule has 6 nitrogen and oxygen atoms in total. The van der Waals surface area contributed by atoms with Crippen molar-refractivity contribution in [3.63, 3.8) is 0 Å². The zero-order chi connectivity index (χ0) is 17.9. The Hall–Kier alpha value is -1.76. The number of carbonyl (C=O) groups excluding carboxylic acids is 1. The molecule has 7 heteroatoms. The molecule has 1 rings (SSSR count). The molecule has 0 heterocycles. The summed E-state index contributed by atoms with van der Waals surface area (Å²) in [6.07, 6.45) is 1.93. The highest BCUT2D eigenvalue weighted by Gasteiger charge is 2.26. The van der Waals surface area contributed by atoms with Crippen molar-refractivity contribution in [3.05, 3.63) is 24.3 Å². The van der Waals surface area contributed by atoms with Crippen molar-refractivity contribution in [3.8, 4) is 0 Å². The average Bonchev–Trinajstić information content (AvgIpc) is 2.25. The Morgan fingerprint density at radius 3 is 1.91 bits per heavy atom. The van der Waals surface area contributed by atoms with Gasteiger partial charge in [0.1, 0.15) is 0 Å². The fourth-order valence-corrected chi connectivity index (χ4v) is 3.24. The van der Waals surface area contributed by atoms with Crippen LogP contribution in [-0.4, -0.2) is 26.2 Å². The first-order chi connectivity index (χ1) is 10.3. The largest absolute Gasteiger partial charge is 0.333 e. The van der Waals surface area contributed by atoms with Crippen LogP contribution in [0.15, 0.2) is 24.3 Å². The Morgan fingerprint density at radius 2 is 1.48 bits per heavy atom.